The molecule has 1 aromatic carbocycles. The lowest BCUT2D eigenvalue weighted by Crippen LogP contribution is -2.60. The molecule has 3 rings (SSSR count). The molecule has 2 heterocycles. The highest BCUT2D eigenvalue weighted by molar-refractivity contribution is 5.91. The van der Waals surface area contributed by atoms with Crippen molar-refractivity contribution in [3.8, 4) is 0 Å². The van der Waals surface area contributed by atoms with Gasteiger partial charge in [0.25, 0.3) is 11.8 Å². The van der Waals surface area contributed by atoms with E-state index in [9.17, 15) is 28.0 Å². The number of hydrogen-bond donors (Lipinski definition) is 3. The van der Waals surface area contributed by atoms with Gasteiger partial charge in [-0.3, -0.25) is 29.2 Å². The molecule has 1 fully saturated rings. The standard InChI is InChI=1S/C29H37F2N5O5/c1-5-20-11-10-19-9-8-18(15-22(19)34-20)12-13-29(3,4)28(40)41-23(16-24(30)31)26(38)33-17(2)27(39)36-14-6-7-21(35-36)25(32)37/h8-13,15,17,21,23-24,35H,5-7,14,16H2,1-4H3,(H2,32,37)(H,33,38)/b13-12+. The lowest BCUT2D eigenvalue weighted by Gasteiger charge is -2.34. The van der Waals surface area contributed by atoms with Gasteiger partial charge in [0.05, 0.1) is 17.4 Å². The molecule has 3 unspecified atom stereocenters. The Hall–Kier alpha value is -3.93. The number of ether oxygens (including phenoxy) is 1. The Balaban J connectivity index is 1.67. The smallest absolute Gasteiger partial charge is 0.316 e. The second-order valence-corrected chi connectivity index (χ2v) is 10.6. The van der Waals surface area contributed by atoms with Crippen LogP contribution in [0.5, 0.6) is 0 Å². The molecule has 41 heavy (non-hydrogen) atoms. The first-order chi connectivity index (χ1) is 19.3. The lowest BCUT2D eigenvalue weighted by atomic mass is 9.92. The number of aromatic nitrogens is 1. The van der Waals surface area contributed by atoms with Gasteiger partial charge in [0.15, 0.2) is 6.10 Å². The second kappa shape index (κ2) is 13.6. The largest absolute Gasteiger partial charge is 0.451 e. The van der Waals surface area contributed by atoms with Gasteiger partial charge in [0, 0.05) is 17.6 Å². The summed E-state index contributed by atoms with van der Waals surface area (Å²) in [5.41, 5.74) is 9.27. The number of primary amides is 1. The molecular formula is C29H37F2N5O5. The molecule has 0 aliphatic carbocycles. The maximum absolute atomic E-state index is 13.3. The first-order valence-electron chi connectivity index (χ1n) is 13.6. The van der Waals surface area contributed by atoms with Crippen molar-refractivity contribution in [1.82, 2.24) is 20.7 Å². The van der Waals surface area contributed by atoms with Gasteiger partial charge < -0.3 is 15.8 Å². The molecular weight excluding hydrogens is 536 g/mol. The predicted molar refractivity (Wildman–Crippen MR) is 149 cm³/mol. The van der Waals surface area contributed by atoms with Crippen LogP contribution in [0, 0.1) is 5.41 Å². The maximum atomic E-state index is 13.3. The van der Waals surface area contributed by atoms with Crippen LogP contribution in [-0.2, 0) is 30.3 Å². The number of hydrogen-bond acceptors (Lipinski definition) is 7. The number of pyridine rings is 1. The number of carbonyl (C=O) groups is 4. The van der Waals surface area contributed by atoms with Crippen LogP contribution in [0.25, 0.3) is 17.0 Å². The Morgan fingerprint density at radius 3 is 2.61 bits per heavy atom. The van der Waals surface area contributed by atoms with Gasteiger partial charge >= 0.3 is 5.97 Å². The first-order valence-corrected chi connectivity index (χ1v) is 13.6. The zero-order valence-electron chi connectivity index (χ0n) is 23.7. The molecule has 222 valence electrons. The summed E-state index contributed by atoms with van der Waals surface area (Å²) in [6, 6.07) is 7.71. The Morgan fingerprint density at radius 1 is 1.24 bits per heavy atom. The van der Waals surface area contributed by atoms with E-state index in [1.165, 1.54) is 6.92 Å². The van der Waals surface area contributed by atoms with Crippen molar-refractivity contribution in [2.75, 3.05) is 6.54 Å². The van der Waals surface area contributed by atoms with Gasteiger partial charge in [-0.05, 0) is 57.7 Å². The number of benzene rings is 1. The molecule has 3 amide bonds. The fraction of sp³-hybridized carbons (Fsp3) is 0.483. The zero-order chi connectivity index (χ0) is 30.3. The third kappa shape index (κ3) is 8.53. The Bertz CT molecular complexity index is 1320. The van der Waals surface area contributed by atoms with Crippen LogP contribution in [0.4, 0.5) is 8.78 Å². The third-order valence-electron chi connectivity index (χ3n) is 6.81. The number of hydrazine groups is 1. The number of carbonyl (C=O) groups excluding carboxylic acids is 4. The van der Waals surface area contributed by atoms with Crippen LogP contribution < -0.4 is 16.5 Å². The fourth-order valence-electron chi connectivity index (χ4n) is 4.25. The highest BCUT2D eigenvalue weighted by Gasteiger charge is 2.35. The summed E-state index contributed by atoms with van der Waals surface area (Å²) >= 11 is 0. The monoisotopic (exact) mass is 573 g/mol. The number of alkyl halides is 2. The second-order valence-electron chi connectivity index (χ2n) is 10.6. The van der Waals surface area contributed by atoms with Crippen molar-refractivity contribution in [2.24, 2.45) is 11.1 Å². The Labute approximate surface area is 237 Å². The summed E-state index contributed by atoms with van der Waals surface area (Å²) in [6.45, 7) is 6.73. The van der Waals surface area contributed by atoms with Crippen LogP contribution in [0.3, 0.4) is 0 Å². The number of esters is 1. The van der Waals surface area contributed by atoms with E-state index in [0.29, 0.717) is 12.8 Å². The summed E-state index contributed by atoms with van der Waals surface area (Å²) in [5, 5.41) is 4.48. The topological polar surface area (TPSA) is 144 Å². The van der Waals surface area contributed by atoms with Crippen LogP contribution in [0.15, 0.2) is 36.4 Å². The Morgan fingerprint density at radius 2 is 1.95 bits per heavy atom. The summed E-state index contributed by atoms with van der Waals surface area (Å²) in [7, 11) is 0. The fourth-order valence-corrected chi connectivity index (χ4v) is 4.25. The Kier molecular flexibility index (Phi) is 10.5. The van der Waals surface area contributed by atoms with Crippen molar-refractivity contribution < 1.29 is 32.7 Å². The predicted octanol–water partition coefficient (Wildman–Crippen LogP) is 2.89. The molecule has 1 aliphatic heterocycles. The number of amides is 3. The molecule has 0 radical (unpaired) electrons. The summed E-state index contributed by atoms with van der Waals surface area (Å²) in [4.78, 5) is 54.7. The number of nitrogens with zero attached hydrogens (tertiary/aromatic N) is 2. The minimum Gasteiger partial charge on any atom is -0.451 e. The number of rotatable bonds is 11. The average Bonchev–Trinajstić information content (AvgIpc) is 2.94. The van der Waals surface area contributed by atoms with Gasteiger partial charge in [-0.1, -0.05) is 37.3 Å². The van der Waals surface area contributed by atoms with Crippen LogP contribution in [-0.4, -0.2) is 64.8 Å². The summed E-state index contributed by atoms with van der Waals surface area (Å²) in [5.74, 6) is -3.13. The van der Waals surface area contributed by atoms with E-state index in [1.807, 2.05) is 37.3 Å². The molecule has 12 heteroatoms. The van der Waals surface area contributed by atoms with Gasteiger partial charge in [-0.25, -0.2) is 14.2 Å². The van der Waals surface area contributed by atoms with Crippen molar-refractivity contribution in [2.45, 2.75) is 78.0 Å². The van der Waals surface area contributed by atoms with E-state index in [1.54, 1.807) is 26.0 Å². The minimum absolute atomic E-state index is 0.270. The van der Waals surface area contributed by atoms with Crippen molar-refractivity contribution in [1.29, 1.82) is 0 Å². The van der Waals surface area contributed by atoms with E-state index >= 15 is 0 Å². The average molecular weight is 574 g/mol. The number of nitrogens with one attached hydrogen (secondary N) is 2. The van der Waals surface area contributed by atoms with E-state index in [2.05, 4.69) is 15.7 Å². The number of fused-ring (bicyclic) bond motifs is 1. The maximum Gasteiger partial charge on any atom is 0.316 e. The number of halogens is 2. The molecule has 0 spiro atoms. The highest BCUT2D eigenvalue weighted by atomic mass is 19.3. The number of aryl methyl sites for hydroxylation is 1. The van der Waals surface area contributed by atoms with Crippen LogP contribution in [0.1, 0.15) is 58.2 Å². The van der Waals surface area contributed by atoms with Gasteiger partial charge in [0.1, 0.15) is 12.1 Å². The van der Waals surface area contributed by atoms with Gasteiger partial charge in [-0.15, -0.1) is 0 Å². The molecule has 0 saturated carbocycles. The normalized spacial score (nSPS) is 17.4. The lowest BCUT2D eigenvalue weighted by molar-refractivity contribution is -0.164. The summed E-state index contributed by atoms with van der Waals surface area (Å²) < 4.78 is 31.9. The van der Waals surface area contributed by atoms with Gasteiger partial charge in [0.2, 0.25) is 12.3 Å². The van der Waals surface area contributed by atoms with Crippen molar-refractivity contribution in [3.05, 3.63) is 47.7 Å². The molecule has 3 atom stereocenters. The highest BCUT2D eigenvalue weighted by Crippen LogP contribution is 2.24. The SMILES string of the molecule is CCc1ccc2ccc(/C=C/C(C)(C)C(=O)OC(CC(F)F)C(=O)NC(C)C(=O)N3CCCC(C(N)=O)N3)cc2n1. The third-order valence-corrected chi connectivity index (χ3v) is 6.81. The van der Waals surface area contributed by atoms with Crippen molar-refractivity contribution in [3.63, 3.8) is 0 Å². The quantitative estimate of drug-likeness (QED) is 0.351. The van der Waals surface area contributed by atoms with Crippen molar-refractivity contribution >= 4 is 40.7 Å². The van der Waals surface area contributed by atoms with E-state index in [4.69, 9.17) is 10.5 Å². The van der Waals surface area contributed by atoms with Crippen LogP contribution in [0.2, 0.25) is 0 Å². The molecule has 1 aromatic heterocycles. The van der Waals surface area contributed by atoms with E-state index in [-0.39, 0.29) is 6.54 Å². The molecule has 2 aromatic rings. The minimum atomic E-state index is -2.94. The molecule has 4 N–H and O–H groups in total. The van der Waals surface area contributed by atoms with Gasteiger partial charge in [-0.2, -0.15) is 0 Å². The van der Waals surface area contributed by atoms with E-state index < -0.39 is 60.1 Å². The molecule has 1 aliphatic rings. The van der Waals surface area contributed by atoms with E-state index in [0.717, 1.165) is 33.6 Å². The van der Waals surface area contributed by atoms with Crippen LogP contribution >= 0.6 is 0 Å². The number of nitrogens with two attached hydrogens (primary N) is 1. The molecule has 10 nitrogen and oxygen atoms in total. The zero-order valence-corrected chi connectivity index (χ0v) is 23.7. The first kappa shape index (κ1) is 31.6. The summed E-state index contributed by atoms with van der Waals surface area (Å²) in [6.07, 6.45) is -0.780. The molecule has 1 saturated heterocycles. The molecule has 0 bridgehead atoms.